The Labute approximate surface area is 159 Å². The van der Waals surface area contributed by atoms with E-state index in [2.05, 4.69) is 17.1 Å². The molecule has 2 amide bonds. The molecule has 6 heteroatoms. The van der Waals surface area contributed by atoms with Crippen molar-refractivity contribution in [2.45, 2.75) is 45.2 Å². The van der Waals surface area contributed by atoms with Gasteiger partial charge < -0.3 is 14.6 Å². The van der Waals surface area contributed by atoms with Crippen LogP contribution in [0, 0.1) is 0 Å². The molecular formula is C21H25N3O3. The summed E-state index contributed by atoms with van der Waals surface area (Å²) in [5.74, 6) is 1.02. The molecule has 2 aliphatic heterocycles. The minimum atomic E-state index is -0.263. The number of nitrogens with one attached hydrogen (secondary N) is 1. The largest absolute Gasteiger partial charge is 0.455 e. The Morgan fingerprint density at radius 1 is 1.15 bits per heavy atom. The molecule has 0 radical (unpaired) electrons. The number of likely N-dealkylation sites (tertiary alicyclic amines) is 1. The second kappa shape index (κ2) is 7.56. The highest BCUT2D eigenvalue weighted by Gasteiger charge is 2.28. The normalized spacial score (nSPS) is 20.4. The Hall–Kier alpha value is -2.60. The van der Waals surface area contributed by atoms with Gasteiger partial charge in [-0.2, -0.15) is 0 Å². The molecular weight excluding hydrogens is 342 g/mol. The molecule has 1 atom stereocenters. The van der Waals surface area contributed by atoms with Crippen molar-refractivity contribution in [2.24, 2.45) is 0 Å². The molecule has 4 rings (SSSR count). The van der Waals surface area contributed by atoms with E-state index in [4.69, 9.17) is 4.42 Å². The van der Waals surface area contributed by atoms with Crippen LogP contribution in [0.2, 0.25) is 0 Å². The molecule has 142 valence electrons. The van der Waals surface area contributed by atoms with Gasteiger partial charge in [0.05, 0.1) is 6.54 Å². The van der Waals surface area contributed by atoms with E-state index in [1.54, 1.807) is 6.07 Å². The van der Waals surface area contributed by atoms with Crippen molar-refractivity contribution >= 4 is 23.2 Å². The molecule has 1 aromatic carbocycles. The van der Waals surface area contributed by atoms with Gasteiger partial charge in [-0.15, -0.1) is 0 Å². The molecule has 1 aromatic heterocycles. The monoisotopic (exact) mass is 367 g/mol. The lowest BCUT2D eigenvalue weighted by molar-refractivity contribution is -0.117. The Kier molecular flexibility index (Phi) is 4.99. The van der Waals surface area contributed by atoms with Crippen LogP contribution in [-0.2, 0) is 11.3 Å². The number of carbonyl (C=O) groups excluding carboxylic acids is 2. The number of furan rings is 1. The maximum atomic E-state index is 12.4. The van der Waals surface area contributed by atoms with E-state index >= 15 is 0 Å². The molecule has 2 aliphatic rings. The van der Waals surface area contributed by atoms with E-state index in [0.29, 0.717) is 17.9 Å². The third-order valence-electron chi connectivity index (χ3n) is 5.35. The number of hydrogen-bond donors (Lipinski definition) is 1. The van der Waals surface area contributed by atoms with Crippen LogP contribution in [0.3, 0.4) is 0 Å². The molecule has 2 aromatic rings. The lowest BCUT2D eigenvalue weighted by Crippen LogP contribution is -2.30. The third kappa shape index (κ3) is 3.90. The summed E-state index contributed by atoms with van der Waals surface area (Å²) in [7, 11) is 0. The van der Waals surface area contributed by atoms with Crippen LogP contribution in [0.5, 0.6) is 0 Å². The number of anilines is 2. The van der Waals surface area contributed by atoms with Crippen LogP contribution in [0.15, 0.2) is 40.8 Å². The van der Waals surface area contributed by atoms with Crippen LogP contribution in [0.1, 0.15) is 48.9 Å². The summed E-state index contributed by atoms with van der Waals surface area (Å²) in [6.07, 6.45) is 3.94. The summed E-state index contributed by atoms with van der Waals surface area (Å²) in [6.45, 7) is 4.99. The zero-order valence-corrected chi connectivity index (χ0v) is 15.6. The van der Waals surface area contributed by atoms with Crippen molar-refractivity contribution in [1.82, 2.24) is 4.90 Å². The third-order valence-corrected chi connectivity index (χ3v) is 5.35. The quantitative estimate of drug-likeness (QED) is 0.876. The highest BCUT2D eigenvalue weighted by molar-refractivity contribution is 6.02. The Balaban J connectivity index is 1.38. The van der Waals surface area contributed by atoms with Crippen molar-refractivity contribution in [3.8, 4) is 0 Å². The maximum Gasteiger partial charge on any atom is 0.291 e. The highest BCUT2D eigenvalue weighted by Crippen LogP contribution is 2.27. The Morgan fingerprint density at radius 2 is 1.89 bits per heavy atom. The van der Waals surface area contributed by atoms with E-state index in [0.717, 1.165) is 37.5 Å². The van der Waals surface area contributed by atoms with Gasteiger partial charge in [-0.05, 0) is 75.7 Å². The van der Waals surface area contributed by atoms with Gasteiger partial charge in [-0.25, -0.2) is 0 Å². The molecule has 2 fully saturated rings. The fraction of sp³-hybridized carbons (Fsp3) is 0.429. The SMILES string of the molecule is CC1CCC(=O)N1c1ccc(NC(=O)c2ccc(CN3CCCC3)o2)cc1. The van der Waals surface area contributed by atoms with E-state index in [-0.39, 0.29) is 17.9 Å². The van der Waals surface area contributed by atoms with Crippen LogP contribution >= 0.6 is 0 Å². The number of carbonyl (C=O) groups is 2. The smallest absolute Gasteiger partial charge is 0.291 e. The first kappa shape index (κ1) is 17.8. The number of hydrogen-bond acceptors (Lipinski definition) is 4. The van der Waals surface area contributed by atoms with Crippen molar-refractivity contribution in [1.29, 1.82) is 0 Å². The summed E-state index contributed by atoms with van der Waals surface area (Å²) in [5.41, 5.74) is 1.55. The summed E-state index contributed by atoms with van der Waals surface area (Å²) >= 11 is 0. The van der Waals surface area contributed by atoms with E-state index in [9.17, 15) is 9.59 Å². The van der Waals surface area contributed by atoms with Crippen LogP contribution in [0.4, 0.5) is 11.4 Å². The lowest BCUT2D eigenvalue weighted by atomic mass is 10.2. The Bertz CT molecular complexity index is 821. The fourth-order valence-electron chi connectivity index (χ4n) is 3.87. The molecule has 3 heterocycles. The first-order chi connectivity index (χ1) is 13.1. The topological polar surface area (TPSA) is 65.8 Å². The van der Waals surface area contributed by atoms with Gasteiger partial charge in [-0.1, -0.05) is 0 Å². The van der Waals surface area contributed by atoms with Gasteiger partial charge in [-0.3, -0.25) is 14.5 Å². The highest BCUT2D eigenvalue weighted by atomic mass is 16.4. The number of benzene rings is 1. The first-order valence-electron chi connectivity index (χ1n) is 9.65. The number of rotatable bonds is 5. The van der Waals surface area contributed by atoms with Gasteiger partial charge in [0.15, 0.2) is 5.76 Å². The minimum absolute atomic E-state index is 0.153. The molecule has 1 unspecified atom stereocenters. The van der Waals surface area contributed by atoms with Gasteiger partial charge in [0.25, 0.3) is 5.91 Å². The summed E-state index contributed by atoms with van der Waals surface area (Å²) in [4.78, 5) is 28.6. The first-order valence-corrected chi connectivity index (χ1v) is 9.65. The summed E-state index contributed by atoms with van der Waals surface area (Å²) in [6, 6.07) is 11.2. The summed E-state index contributed by atoms with van der Waals surface area (Å²) in [5, 5.41) is 2.86. The molecule has 0 saturated carbocycles. The van der Waals surface area contributed by atoms with E-state index in [1.165, 1.54) is 12.8 Å². The molecule has 0 aliphatic carbocycles. The van der Waals surface area contributed by atoms with Gasteiger partial charge in [0, 0.05) is 23.8 Å². The second-order valence-corrected chi connectivity index (χ2v) is 7.40. The molecule has 0 bridgehead atoms. The van der Waals surface area contributed by atoms with Crippen molar-refractivity contribution in [2.75, 3.05) is 23.3 Å². The average Bonchev–Trinajstić information content (AvgIpc) is 3.39. The second-order valence-electron chi connectivity index (χ2n) is 7.40. The number of amides is 2. The maximum absolute atomic E-state index is 12.4. The Morgan fingerprint density at radius 3 is 2.56 bits per heavy atom. The average molecular weight is 367 g/mol. The molecule has 6 nitrogen and oxygen atoms in total. The minimum Gasteiger partial charge on any atom is -0.455 e. The van der Waals surface area contributed by atoms with Gasteiger partial charge in [0.1, 0.15) is 5.76 Å². The predicted molar refractivity (Wildman–Crippen MR) is 104 cm³/mol. The van der Waals surface area contributed by atoms with Crippen molar-refractivity contribution < 1.29 is 14.0 Å². The van der Waals surface area contributed by atoms with Crippen LogP contribution in [0.25, 0.3) is 0 Å². The predicted octanol–water partition coefficient (Wildman–Crippen LogP) is 3.64. The molecule has 2 saturated heterocycles. The number of nitrogens with zero attached hydrogens (tertiary/aromatic N) is 2. The zero-order chi connectivity index (χ0) is 18.8. The van der Waals surface area contributed by atoms with E-state index in [1.807, 2.05) is 35.2 Å². The standard InChI is InChI=1S/C21H25N3O3/c1-15-4-11-20(25)24(15)17-7-5-16(6-8-17)22-21(26)19-10-9-18(27-19)14-23-12-2-3-13-23/h5-10,15H,2-4,11-14H2,1H3,(H,22,26). The fourth-order valence-corrected chi connectivity index (χ4v) is 3.87. The van der Waals surface area contributed by atoms with Crippen molar-refractivity contribution in [3.63, 3.8) is 0 Å². The summed E-state index contributed by atoms with van der Waals surface area (Å²) < 4.78 is 5.71. The zero-order valence-electron chi connectivity index (χ0n) is 15.6. The molecule has 27 heavy (non-hydrogen) atoms. The van der Waals surface area contributed by atoms with Crippen LogP contribution < -0.4 is 10.2 Å². The molecule has 1 N–H and O–H groups in total. The van der Waals surface area contributed by atoms with Crippen molar-refractivity contribution in [3.05, 3.63) is 47.9 Å². The van der Waals surface area contributed by atoms with Gasteiger partial charge >= 0.3 is 0 Å². The van der Waals surface area contributed by atoms with Crippen LogP contribution in [-0.4, -0.2) is 35.8 Å². The molecule has 0 spiro atoms. The lowest BCUT2D eigenvalue weighted by Gasteiger charge is -2.21. The van der Waals surface area contributed by atoms with Gasteiger partial charge in [0.2, 0.25) is 5.91 Å². The van der Waals surface area contributed by atoms with E-state index < -0.39 is 0 Å².